The highest BCUT2D eigenvalue weighted by molar-refractivity contribution is 6.29. The number of fused-ring (bicyclic) bond motifs is 2. The summed E-state index contributed by atoms with van der Waals surface area (Å²) in [5.41, 5.74) is 3.54. The number of aromatic nitrogens is 3. The molecule has 0 amide bonds. The number of halogens is 1. The summed E-state index contributed by atoms with van der Waals surface area (Å²) in [7, 11) is 0. The van der Waals surface area contributed by atoms with Crippen LogP contribution in [0.15, 0.2) is 60.9 Å². The Labute approximate surface area is 138 Å². The second kappa shape index (κ2) is 4.80. The molecule has 112 valence electrons. The van der Waals surface area contributed by atoms with E-state index < -0.39 is 0 Å². The summed E-state index contributed by atoms with van der Waals surface area (Å²) >= 11 is 6.18. The molecule has 1 unspecified atom stereocenters. The first-order chi connectivity index (χ1) is 11.3. The minimum Gasteiger partial charge on any atom is -0.235 e. The molecule has 0 bridgehead atoms. The average Bonchev–Trinajstić information content (AvgIpc) is 3.23. The maximum atomic E-state index is 6.18. The number of nitrogens with zero attached hydrogens (tertiary/aromatic N) is 3. The van der Waals surface area contributed by atoms with Gasteiger partial charge in [-0.2, -0.15) is 5.10 Å². The van der Waals surface area contributed by atoms with Crippen molar-refractivity contribution in [2.24, 2.45) is 0 Å². The molecule has 5 rings (SSSR count). The van der Waals surface area contributed by atoms with Gasteiger partial charge in [-0.1, -0.05) is 54.1 Å². The summed E-state index contributed by atoms with van der Waals surface area (Å²) in [6.45, 7) is 0. The fourth-order valence-electron chi connectivity index (χ4n) is 3.64. The molecule has 2 aromatic carbocycles. The van der Waals surface area contributed by atoms with E-state index in [0.29, 0.717) is 17.0 Å². The molecule has 1 aliphatic carbocycles. The van der Waals surface area contributed by atoms with Crippen molar-refractivity contribution < 1.29 is 0 Å². The Balaban J connectivity index is 1.61. The molecule has 0 aliphatic heterocycles. The van der Waals surface area contributed by atoms with Crippen LogP contribution in [0.3, 0.4) is 0 Å². The van der Waals surface area contributed by atoms with E-state index in [1.54, 1.807) is 10.7 Å². The summed E-state index contributed by atoms with van der Waals surface area (Å²) in [6.07, 6.45) is 4.76. The molecule has 1 fully saturated rings. The van der Waals surface area contributed by atoms with Crippen LogP contribution >= 0.6 is 11.6 Å². The molecule has 2 aromatic heterocycles. The maximum absolute atomic E-state index is 6.18. The molecular weight excluding hydrogens is 306 g/mol. The van der Waals surface area contributed by atoms with E-state index in [4.69, 9.17) is 11.6 Å². The predicted molar refractivity (Wildman–Crippen MR) is 92.0 cm³/mol. The smallest absolute Gasteiger partial charge is 0.157 e. The molecule has 2 atom stereocenters. The van der Waals surface area contributed by atoms with Crippen molar-refractivity contribution in [3.8, 4) is 0 Å². The molecule has 23 heavy (non-hydrogen) atoms. The Morgan fingerprint density at radius 2 is 1.83 bits per heavy atom. The van der Waals surface area contributed by atoms with E-state index in [9.17, 15) is 0 Å². The van der Waals surface area contributed by atoms with Crippen molar-refractivity contribution in [2.75, 3.05) is 0 Å². The lowest BCUT2D eigenvalue weighted by molar-refractivity contribution is 0.907. The van der Waals surface area contributed by atoms with Gasteiger partial charge in [0.15, 0.2) is 5.65 Å². The first-order valence-electron chi connectivity index (χ1n) is 7.79. The third kappa shape index (κ3) is 2.04. The molecule has 0 radical (unpaired) electrons. The first-order valence-corrected chi connectivity index (χ1v) is 8.16. The van der Waals surface area contributed by atoms with Crippen molar-refractivity contribution >= 4 is 28.0 Å². The maximum Gasteiger partial charge on any atom is 0.157 e. The third-order valence-corrected chi connectivity index (χ3v) is 4.96. The van der Waals surface area contributed by atoms with E-state index in [2.05, 4.69) is 52.5 Å². The minimum atomic E-state index is 0.464. The zero-order chi connectivity index (χ0) is 15.4. The van der Waals surface area contributed by atoms with Gasteiger partial charge in [-0.15, -0.1) is 0 Å². The number of imidazole rings is 1. The van der Waals surface area contributed by atoms with Gasteiger partial charge < -0.3 is 0 Å². The van der Waals surface area contributed by atoms with E-state index >= 15 is 0 Å². The van der Waals surface area contributed by atoms with Gasteiger partial charge >= 0.3 is 0 Å². The van der Waals surface area contributed by atoms with Gasteiger partial charge in [0.2, 0.25) is 0 Å². The Hall–Kier alpha value is -2.39. The molecule has 0 saturated heterocycles. The minimum absolute atomic E-state index is 0.464. The summed E-state index contributed by atoms with van der Waals surface area (Å²) in [4.78, 5) is 4.45. The second-order valence-corrected chi connectivity index (χ2v) is 6.52. The van der Waals surface area contributed by atoms with E-state index in [0.717, 1.165) is 12.1 Å². The van der Waals surface area contributed by atoms with Gasteiger partial charge in [-0.05, 0) is 40.7 Å². The summed E-state index contributed by atoms with van der Waals surface area (Å²) < 4.78 is 1.77. The number of hydrogen-bond donors (Lipinski definition) is 0. The quantitative estimate of drug-likeness (QED) is 0.531. The topological polar surface area (TPSA) is 30.2 Å². The molecule has 4 aromatic rings. The van der Waals surface area contributed by atoms with Crippen LogP contribution in [0.25, 0.3) is 16.4 Å². The van der Waals surface area contributed by atoms with Crippen LogP contribution in [-0.4, -0.2) is 14.6 Å². The average molecular weight is 320 g/mol. The fraction of sp³-hybridized carbons (Fsp3) is 0.158. The molecule has 4 heteroatoms. The Morgan fingerprint density at radius 1 is 1.00 bits per heavy atom. The normalized spacial score (nSPS) is 20.2. The van der Waals surface area contributed by atoms with Crippen LogP contribution in [0.5, 0.6) is 0 Å². The number of hydrogen-bond acceptors (Lipinski definition) is 2. The van der Waals surface area contributed by atoms with Gasteiger partial charge in [0.1, 0.15) is 5.15 Å². The molecule has 0 N–H and O–H groups in total. The molecule has 3 nitrogen and oxygen atoms in total. The number of benzene rings is 2. The standard InChI is InChI=1S/C19H14ClN3/c20-18-11-17(19-21-8-9-23(19)22-18)16-10-15(16)14-7-3-5-12-4-1-2-6-13(12)14/h1-9,11,15-16H,10H2/t15-,16?/m1/s1. The van der Waals surface area contributed by atoms with Gasteiger partial charge in [-0.25, -0.2) is 9.50 Å². The lowest BCUT2D eigenvalue weighted by atomic mass is 9.99. The van der Waals surface area contributed by atoms with Crippen LogP contribution in [0.1, 0.15) is 29.4 Å². The van der Waals surface area contributed by atoms with E-state index in [1.165, 1.54) is 21.9 Å². The summed E-state index contributed by atoms with van der Waals surface area (Å²) in [6, 6.07) is 17.1. The summed E-state index contributed by atoms with van der Waals surface area (Å²) in [5.74, 6) is 0.992. The van der Waals surface area contributed by atoms with E-state index in [-0.39, 0.29) is 0 Å². The molecule has 0 spiro atoms. The summed E-state index contributed by atoms with van der Waals surface area (Å²) in [5, 5.41) is 7.45. The van der Waals surface area contributed by atoms with Gasteiger partial charge in [-0.3, -0.25) is 0 Å². The van der Waals surface area contributed by atoms with Crippen molar-refractivity contribution in [1.82, 2.24) is 14.6 Å². The van der Waals surface area contributed by atoms with Crippen molar-refractivity contribution in [3.63, 3.8) is 0 Å². The van der Waals surface area contributed by atoms with E-state index in [1.807, 2.05) is 12.3 Å². The Morgan fingerprint density at radius 3 is 2.78 bits per heavy atom. The highest BCUT2D eigenvalue weighted by Crippen LogP contribution is 2.56. The van der Waals surface area contributed by atoms with Gasteiger partial charge in [0.05, 0.1) is 0 Å². The Kier molecular flexibility index (Phi) is 2.73. The zero-order valence-corrected chi connectivity index (χ0v) is 13.1. The highest BCUT2D eigenvalue weighted by Gasteiger charge is 2.41. The molecule has 1 saturated carbocycles. The molecular formula is C19H14ClN3. The molecule has 2 heterocycles. The highest BCUT2D eigenvalue weighted by atomic mass is 35.5. The number of rotatable bonds is 2. The fourth-order valence-corrected chi connectivity index (χ4v) is 3.84. The van der Waals surface area contributed by atoms with Crippen molar-refractivity contribution in [3.05, 3.63) is 77.2 Å². The lowest BCUT2D eigenvalue weighted by Gasteiger charge is -2.07. The predicted octanol–water partition coefficient (Wildman–Crippen LogP) is 4.81. The van der Waals surface area contributed by atoms with Crippen LogP contribution in [0.2, 0.25) is 5.15 Å². The van der Waals surface area contributed by atoms with Crippen LogP contribution < -0.4 is 0 Å². The third-order valence-electron chi connectivity index (χ3n) is 4.77. The molecule has 1 aliphatic rings. The largest absolute Gasteiger partial charge is 0.235 e. The van der Waals surface area contributed by atoms with Crippen molar-refractivity contribution in [1.29, 1.82) is 0 Å². The lowest BCUT2D eigenvalue weighted by Crippen LogP contribution is -1.96. The monoisotopic (exact) mass is 319 g/mol. The second-order valence-electron chi connectivity index (χ2n) is 6.13. The van der Waals surface area contributed by atoms with Gasteiger partial charge in [0, 0.05) is 18.0 Å². The van der Waals surface area contributed by atoms with Crippen LogP contribution in [0.4, 0.5) is 0 Å². The van der Waals surface area contributed by atoms with Crippen molar-refractivity contribution in [2.45, 2.75) is 18.3 Å². The zero-order valence-electron chi connectivity index (χ0n) is 12.4. The van der Waals surface area contributed by atoms with Crippen LogP contribution in [0, 0.1) is 0 Å². The van der Waals surface area contributed by atoms with Gasteiger partial charge in [0.25, 0.3) is 0 Å². The SMILES string of the molecule is Clc1cc(C2C[C@@H]2c2cccc3ccccc23)c2nccn2n1. The first kappa shape index (κ1) is 13.1. The Bertz CT molecular complexity index is 1030. The van der Waals surface area contributed by atoms with Crippen LogP contribution in [-0.2, 0) is 0 Å².